The van der Waals surface area contributed by atoms with Gasteiger partial charge in [0.15, 0.2) is 0 Å². The van der Waals surface area contributed by atoms with Gasteiger partial charge in [0.2, 0.25) is 5.91 Å². The second-order valence-corrected chi connectivity index (χ2v) is 6.86. The first-order valence-corrected chi connectivity index (χ1v) is 9.13. The fourth-order valence-electron chi connectivity index (χ4n) is 3.05. The molecule has 0 spiro atoms. The van der Waals surface area contributed by atoms with Gasteiger partial charge in [-0.15, -0.1) is 0 Å². The molecule has 0 saturated carbocycles. The van der Waals surface area contributed by atoms with Crippen LogP contribution in [-0.2, 0) is 9.59 Å². The minimum absolute atomic E-state index is 0.119. The lowest BCUT2D eigenvalue weighted by molar-refractivity contribution is -0.140. The molecule has 1 unspecified atom stereocenters. The van der Waals surface area contributed by atoms with E-state index in [2.05, 4.69) is 25.9 Å². The van der Waals surface area contributed by atoms with Gasteiger partial charge in [0, 0.05) is 16.2 Å². The number of halogens is 1. The molecule has 1 aromatic heterocycles. The van der Waals surface area contributed by atoms with Crippen LogP contribution in [0, 0.1) is 0 Å². The van der Waals surface area contributed by atoms with Gasteiger partial charge in [-0.25, -0.2) is 4.79 Å². The van der Waals surface area contributed by atoms with Crippen LogP contribution in [0.2, 0.25) is 0 Å². The Kier molecular flexibility index (Phi) is 5.46. The van der Waals surface area contributed by atoms with Crippen LogP contribution in [0.25, 0.3) is 0 Å². The van der Waals surface area contributed by atoms with Gasteiger partial charge in [0.25, 0.3) is 0 Å². The van der Waals surface area contributed by atoms with Gasteiger partial charge in [-0.05, 0) is 36.8 Å². The Labute approximate surface area is 159 Å². The van der Waals surface area contributed by atoms with Gasteiger partial charge in [-0.3, -0.25) is 19.7 Å². The Balaban J connectivity index is 2.19. The maximum atomic E-state index is 12.8. The van der Waals surface area contributed by atoms with E-state index in [1.165, 1.54) is 4.90 Å². The molecule has 1 N–H and O–H groups in total. The molecule has 7 heteroatoms. The van der Waals surface area contributed by atoms with Crippen LogP contribution in [0.4, 0.5) is 5.69 Å². The van der Waals surface area contributed by atoms with E-state index in [0.717, 1.165) is 4.47 Å². The van der Waals surface area contributed by atoms with Gasteiger partial charge in [0.1, 0.15) is 12.6 Å². The number of aliphatic carboxylic acids is 1. The molecule has 0 saturated heterocycles. The second kappa shape index (κ2) is 7.78. The highest BCUT2D eigenvalue weighted by molar-refractivity contribution is 9.10. The third kappa shape index (κ3) is 3.53. The molecule has 0 radical (unpaired) electrons. The van der Waals surface area contributed by atoms with E-state index in [1.807, 2.05) is 31.2 Å². The molecule has 1 aromatic carbocycles. The van der Waals surface area contributed by atoms with Crippen molar-refractivity contribution in [2.24, 2.45) is 4.99 Å². The number of nitrogens with zero attached hydrogens (tertiary/aromatic N) is 3. The molecular formula is C19H18BrN3O3. The van der Waals surface area contributed by atoms with Crippen molar-refractivity contribution in [3.63, 3.8) is 0 Å². The van der Waals surface area contributed by atoms with Crippen molar-refractivity contribution in [2.75, 3.05) is 11.4 Å². The number of carbonyl (C=O) groups excluding carboxylic acids is 1. The van der Waals surface area contributed by atoms with E-state index < -0.39 is 12.0 Å². The minimum Gasteiger partial charge on any atom is -0.480 e. The van der Waals surface area contributed by atoms with Crippen LogP contribution in [0.3, 0.4) is 0 Å². The Morgan fingerprint density at radius 2 is 2.15 bits per heavy atom. The second-order valence-electron chi connectivity index (χ2n) is 5.95. The molecule has 1 atom stereocenters. The number of benzene rings is 1. The molecular weight excluding hydrogens is 398 g/mol. The van der Waals surface area contributed by atoms with E-state index in [4.69, 9.17) is 0 Å². The number of aliphatic imine (C=N–C) groups is 1. The summed E-state index contributed by atoms with van der Waals surface area (Å²) in [6.07, 6.45) is 2.69. The normalized spacial score (nSPS) is 15.1. The predicted octanol–water partition coefficient (Wildman–Crippen LogP) is 3.28. The third-order valence-corrected chi connectivity index (χ3v) is 4.67. The number of benzodiazepines with no additional fused rings is 1. The smallest absolute Gasteiger partial charge is 0.326 e. The highest BCUT2D eigenvalue weighted by Crippen LogP contribution is 2.31. The van der Waals surface area contributed by atoms with Crippen molar-refractivity contribution in [3.8, 4) is 0 Å². The van der Waals surface area contributed by atoms with Crippen molar-refractivity contribution in [3.05, 3.63) is 58.3 Å². The summed E-state index contributed by atoms with van der Waals surface area (Å²) in [5.41, 5.74) is 2.45. The molecule has 1 amide bonds. The van der Waals surface area contributed by atoms with Crippen molar-refractivity contribution in [1.29, 1.82) is 0 Å². The van der Waals surface area contributed by atoms with Crippen LogP contribution in [0.5, 0.6) is 0 Å². The summed E-state index contributed by atoms with van der Waals surface area (Å²) >= 11 is 3.45. The van der Waals surface area contributed by atoms with Gasteiger partial charge in [0.05, 0.1) is 17.1 Å². The number of hydrogen-bond acceptors (Lipinski definition) is 4. The SMILES string of the molecule is CCCC(C(=O)O)N1C(=O)CN=C(c2ccccn2)c2cc(Br)ccc21. The summed E-state index contributed by atoms with van der Waals surface area (Å²) in [5, 5.41) is 9.68. The van der Waals surface area contributed by atoms with Gasteiger partial charge >= 0.3 is 5.97 Å². The number of carbonyl (C=O) groups is 2. The number of rotatable bonds is 5. The standard InChI is InChI=1S/C19H18BrN3O3/c1-2-5-16(19(25)26)23-15-8-7-12(20)10-13(15)18(22-11-17(23)24)14-6-3-4-9-21-14/h3-4,6-10,16H,2,5,11H2,1H3,(H,25,26). The number of aromatic nitrogens is 1. The summed E-state index contributed by atoms with van der Waals surface area (Å²) in [7, 11) is 0. The van der Waals surface area contributed by atoms with Crippen LogP contribution in [0.15, 0.2) is 52.1 Å². The zero-order valence-electron chi connectivity index (χ0n) is 14.2. The molecule has 1 aliphatic heterocycles. The van der Waals surface area contributed by atoms with Crippen molar-refractivity contribution < 1.29 is 14.7 Å². The van der Waals surface area contributed by atoms with Crippen molar-refractivity contribution in [2.45, 2.75) is 25.8 Å². The van der Waals surface area contributed by atoms with Crippen molar-refractivity contribution >= 4 is 39.2 Å². The molecule has 6 nitrogen and oxygen atoms in total. The van der Waals surface area contributed by atoms with E-state index in [-0.39, 0.29) is 12.5 Å². The average molecular weight is 416 g/mol. The number of pyridine rings is 1. The number of carboxylic acids is 1. The largest absolute Gasteiger partial charge is 0.480 e. The first kappa shape index (κ1) is 18.3. The van der Waals surface area contributed by atoms with E-state index in [1.54, 1.807) is 18.3 Å². The summed E-state index contributed by atoms with van der Waals surface area (Å²) in [5.74, 6) is -1.35. The number of anilines is 1. The lowest BCUT2D eigenvalue weighted by Crippen LogP contribution is -2.46. The van der Waals surface area contributed by atoms with Gasteiger partial charge < -0.3 is 5.11 Å². The average Bonchev–Trinajstić information content (AvgIpc) is 2.76. The van der Waals surface area contributed by atoms with Gasteiger partial charge in [-0.1, -0.05) is 35.3 Å². The van der Waals surface area contributed by atoms with E-state index >= 15 is 0 Å². The monoisotopic (exact) mass is 415 g/mol. The first-order valence-electron chi connectivity index (χ1n) is 8.33. The van der Waals surface area contributed by atoms with Crippen LogP contribution in [0.1, 0.15) is 31.0 Å². The number of amides is 1. The summed E-state index contributed by atoms with van der Waals surface area (Å²) in [6, 6.07) is 9.96. The molecule has 0 bridgehead atoms. The first-order chi connectivity index (χ1) is 12.5. The molecule has 134 valence electrons. The fraction of sp³-hybridized carbons (Fsp3) is 0.263. The van der Waals surface area contributed by atoms with Crippen molar-refractivity contribution in [1.82, 2.24) is 4.98 Å². The highest BCUT2D eigenvalue weighted by atomic mass is 79.9. The molecule has 0 fully saturated rings. The van der Waals surface area contributed by atoms with Crippen LogP contribution in [-0.4, -0.2) is 40.3 Å². The zero-order valence-corrected chi connectivity index (χ0v) is 15.8. The third-order valence-electron chi connectivity index (χ3n) is 4.18. The number of carboxylic acid groups (broad SMARTS) is 1. The molecule has 2 heterocycles. The number of fused-ring (bicyclic) bond motifs is 1. The molecule has 0 aliphatic carbocycles. The van der Waals surface area contributed by atoms with Crippen LogP contribution >= 0.6 is 15.9 Å². The predicted molar refractivity (Wildman–Crippen MR) is 103 cm³/mol. The van der Waals surface area contributed by atoms with Gasteiger partial charge in [-0.2, -0.15) is 0 Å². The molecule has 2 aromatic rings. The fourth-order valence-corrected chi connectivity index (χ4v) is 3.41. The topological polar surface area (TPSA) is 82.9 Å². The Morgan fingerprint density at radius 1 is 1.35 bits per heavy atom. The minimum atomic E-state index is -1.02. The zero-order chi connectivity index (χ0) is 18.7. The highest BCUT2D eigenvalue weighted by Gasteiger charge is 2.34. The number of hydrogen-bond donors (Lipinski definition) is 1. The lowest BCUT2D eigenvalue weighted by Gasteiger charge is -2.29. The Hall–Kier alpha value is -2.54. The Morgan fingerprint density at radius 3 is 2.81 bits per heavy atom. The Bertz CT molecular complexity index is 868. The maximum Gasteiger partial charge on any atom is 0.326 e. The maximum absolute atomic E-state index is 12.8. The summed E-state index contributed by atoms with van der Waals surface area (Å²) < 4.78 is 0.816. The summed E-state index contributed by atoms with van der Waals surface area (Å²) in [6.45, 7) is 1.78. The van der Waals surface area contributed by atoms with E-state index in [9.17, 15) is 14.7 Å². The summed E-state index contributed by atoms with van der Waals surface area (Å²) in [4.78, 5) is 34.8. The molecule has 1 aliphatic rings. The van der Waals surface area contributed by atoms with Crippen LogP contribution < -0.4 is 4.90 Å². The van der Waals surface area contributed by atoms with E-state index in [0.29, 0.717) is 35.5 Å². The molecule has 26 heavy (non-hydrogen) atoms. The quantitative estimate of drug-likeness (QED) is 0.811. The lowest BCUT2D eigenvalue weighted by atomic mass is 10.0. The molecule has 3 rings (SSSR count).